The lowest BCUT2D eigenvalue weighted by molar-refractivity contribution is 0.341. The Balaban J connectivity index is 2.05. The summed E-state index contributed by atoms with van der Waals surface area (Å²) in [4.78, 5) is 0. The number of anilines is 1. The summed E-state index contributed by atoms with van der Waals surface area (Å²) in [5, 5.41) is 3.55. The van der Waals surface area contributed by atoms with Gasteiger partial charge >= 0.3 is 0 Å². The van der Waals surface area contributed by atoms with Crippen LogP contribution in [0.3, 0.4) is 0 Å². The van der Waals surface area contributed by atoms with E-state index in [2.05, 4.69) is 77.6 Å². The molecule has 2 aromatic carbocycles. The first-order valence-electron chi connectivity index (χ1n) is 7.33. The van der Waals surface area contributed by atoms with E-state index in [1.807, 2.05) is 6.92 Å². The van der Waals surface area contributed by atoms with Crippen LogP contribution in [0.25, 0.3) is 0 Å². The topological polar surface area (TPSA) is 21.3 Å². The van der Waals surface area contributed by atoms with Crippen molar-refractivity contribution in [3.8, 4) is 5.75 Å². The number of rotatable bonds is 6. The summed E-state index contributed by atoms with van der Waals surface area (Å²) >= 11 is 3.47. The molecule has 0 fully saturated rings. The van der Waals surface area contributed by atoms with Crippen molar-refractivity contribution in [3.05, 3.63) is 58.1 Å². The molecule has 1 unspecified atom stereocenters. The number of benzene rings is 2. The van der Waals surface area contributed by atoms with Crippen molar-refractivity contribution < 1.29 is 4.74 Å². The number of halogens is 1. The highest BCUT2D eigenvalue weighted by atomic mass is 79.9. The molecule has 0 spiro atoms. The highest BCUT2D eigenvalue weighted by molar-refractivity contribution is 9.10. The molecule has 0 saturated carbocycles. The van der Waals surface area contributed by atoms with Gasteiger partial charge in [0.15, 0.2) is 0 Å². The minimum absolute atomic E-state index is 0.341. The van der Waals surface area contributed by atoms with Crippen molar-refractivity contribution in [2.75, 3.05) is 11.9 Å². The molecule has 1 atom stereocenters. The minimum atomic E-state index is 0.341. The molecule has 3 heteroatoms. The zero-order valence-electron chi connectivity index (χ0n) is 12.8. The second kappa shape index (κ2) is 7.51. The summed E-state index contributed by atoms with van der Waals surface area (Å²) in [5.74, 6) is 0.931. The normalized spacial score (nSPS) is 12.0. The van der Waals surface area contributed by atoms with Gasteiger partial charge in [-0.2, -0.15) is 0 Å². The largest absolute Gasteiger partial charge is 0.492 e. The molecule has 112 valence electrons. The van der Waals surface area contributed by atoms with Crippen molar-refractivity contribution in [1.29, 1.82) is 0 Å². The van der Waals surface area contributed by atoms with E-state index in [4.69, 9.17) is 4.74 Å². The van der Waals surface area contributed by atoms with Gasteiger partial charge in [-0.3, -0.25) is 0 Å². The van der Waals surface area contributed by atoms with E-state index in [-0.39, 0.29) is 0 Å². The summed E-state index contributed by atoms with van der Waals surface area (Å²) in [6.45, 7) is 6.96. The van der Waals surface area contributed by atoms with Crippen LogP contribution >= 0.6 is 15.9 Å². The average molecular weight is 348 g/mol. The van der Waals surface area contributed by atoms with Crippen LogP contribution in [0.5, 0.6) is 5.75 Å². The van der Waals surface area contributed by atoms with Gasteiger partial charge in [0.1, 0.15) is 5.75 Å². The van der Waals surface area contributed by atoms with Gasteiger partial charge in [0.05, 0.1) is 12.3 Å². The van der Waals surface area contributed by atoms with Gasteiger partial charge in [-0.05, 0) is 62.6 Å². The first-order valence-corrected chi connectivity index (χ1v) is 8.12. The van der Waals surface area contributed by atoms with Gasteiger partial charge in [-0.25, -0.2) is 0 Å². The van der Waals surface area contributed by atoms with Crippen molar-refractivity contribution in [2.45, 2.75) is 33.2 Å². The summed E-state index contributed by atoms with van der Waals surface area (Å²) in [5.41, 5.74) is 3.60. The summed E-state index contributed by atoms with van der Waals surface area (Å²) in [6, 6.07) is 15.1. The molecule has 0 bridgehead atoms. The van der Waals surface area contributed by atoms with E-state index in [1.165, 1.54) is 11.1 Å². The van der Waals surface area contributed by atoms with E-state index in [1.54, 1.807) is 0 Å². The van der Waals surface area contributed by atoms with E-state index in [0.717, 1.165) is 22.3 Å². The van der Waals surface area contributed by atoms with Crippen LogP contribution in [0.2, 0.25) is 0 Å². The van der Waals surface area contributed by atoms with Gasteiger partial charge in [0.2, 0.25) is 0 Å². The molecule has 2 rings (SSSR count). The van der Waals surface area contributed by atoms with Crippen molar-refractivity contribution in [2.24, 2.45) is 0 Å². The lowest BCUT2D eigenvalue weighted by atomic mass is 10.1. The maximum Gasteiger partial charge on any atom is 0.142 e. The molecule has 0 aliphatic rings. The van der Waals surface area contributed by atoms with E-state index in [0.29, 0.717) is 12.6 Å². The molecule has 0 aliphatic carbocycles. The number of nitrogens with one attached hydrogen (secondary N) is 1. The fraction of sp³-hybridized carbons (Fsp3) is 0.333. The second-order valence-corrected chi connectivity index (χ2v) is 6.22. The molecule has 0 saturated heterocycles. The zero-order chi connectivity index (χ0) is 15.2. The number of hydrogen-bond donors (Lipinski definition) is 1. The smallest absolute Gasteiger partial charge is 0.142 e. The van der Waals surface area contributed by atoms with Crippen LogP contribution in [0.4, 0.5) is 5.69 Å². The molecule has 2 nitrogen and oxygen atoms in total. The molecule has 0 radical (unpaired) electrons. The Kier molecular flexibility index (Phi) is 5.68. The van der Waals surface area contributed by atoms with E-state index >= 15 is 0 Å². The Morgan fingerprint density at radius 2 is 1.86 bits per heavy atom. The molecular weight excluding hydrogens is 326 g/mol. The van der Waals surface area contributed by atoms with Crippen LogP contribution in [0.15, 0.2) is 46.9 Å². The SMILES string of the molecule is CCOc1cc(C)ccc1NC(C)Cc1ccc(Br)cc1. The van der Waals surface area contributed by atoms with Gasteiger partial charge < -0.3 is 10.1 Å². The summed E-state index contributed by atoms with van der Waals surface area (Å²) in [6.07, 6.45) is 0.979. The molecule has 1 N–H and O–H groups in total. The Bertz CT molecular complexity index is 580. The third-order valence-electron chi connectivity index (χ3n) is 3.29. The molecule has 21 heavy (non-hydrogen) atoms. The Morgan fingerprint density at radius 3 is 2.52 bits per heavy atom. The average Bonchev–Trinajstić information content (AvgIpc) is 2.45. The molecule has 0 heterocycles. The third kappa shape index (κ3) is 4.78. The molecule has 0 amide bonds. The van der Waals surface area contributed by atoms with Crippen LogP contribution in [0.1, 0.15) is 25.0 Å². The Morgan fingerprint density at radius 1 is 1.14 bits per heavy atom. The maximum atomic E-state index is 5.72. The number of ether oxygens (including phenoxy) is 1. The first kappa shape index (κ1) is 15.9. The maximum absolute atomic E-state index is 5.72. The third-order valence-corrected chi connectivity index (χ3v) is 3.82. The molecular formula is C18H22BrNO. The van der Waals surface area contributed by atoms with Crippen LogP contribution in [-0.2, 0) is 6.42 Å². The second-order valence-electron chi connectivity index (χ2n) is 5.31. The number of hydrogen-bond acceptors (Lipinski definition) is 2. The summed E-state index contributed by atoms with van der Waals surface area (Å²) in [7, 11) is 0. The van der Waals surface area contributed by atoms with Gasteiger partial charge in [-0.1, -0.05) is 34.1 Å². The predicted octanol–water partition coefficient (Wildman–Crippen LogP) is 5.20. The zero-order valence-corrected chi connectivity index (χ0v) is 14.4. The van der Waals surface area contributed by atoms with Gasteiger partial charge in [0, 0.05) is 10.5 Å². The van der Waals surface area contributed by atoms with E-state index in [9.17, 15) is 0 Å². The summed E-state index contributed by atoms with van der Waals surface area (Å²) < 4.78 is 6.83. The van der Waals surface area contributed by atoms with Crippen LogP contribution in [-0.4, -0.2) is 12.6 Å². The van der Waals surface area contributed by atoms with Crippen molar-refractivity contribution in [1.82, 2.24) is 0 Å². The molecule has 2 aromatic rings. The van der Waals surface area contributed by atoms with Crippen LogP contribution < -0.4 is 10.1 Å². The lowest BCUT2D eigenvalue weighted by Gasteiger charge is -2.18. The minimum Gasteiger partial charge on any atom is -0.492 e. The fourth-order valence-corrected chi connectivity index (χ4v) is 2.58. The molecule has 0 aromatic heterocycles. The standard InChI is InChI=1S/C18H22BrNO/c1-4-21-18-11-13(2)5-10-17(18)20-14(3)12-15-6-8-16(19)9-7-15/h5-11,14,20H,4,12H2,1-3H3. The Hall–Kier alpha value is -1.48. The highest BCUT2D eigenvalue weighted by Gasteiger charge is 2.08. The first-order chi connectivity index (χ1) is 10.1. The van der Waals surface area contributed by atoms with Crippen molar-refractivity contribution in [3.63, 3.8) is 0 Å². The van der Waals surface area contributed by atoms with Crippen molar-refractivity contribution >= 4 is 21.6 Å². The lowest BCUT2D eigenvalue weighted by Crippen LogP contribution is -2.18. The quantitative estimate of drug-likeness (QED) is 0.775. The van der Waals surface area contributed by atoms with Gasteiger partial charge in [-0.15, -0.1) is 0 Å². The fourth-order valence-electron chi connectivity index (χ4n) is 2.31. The van der Waals surface area contributed by atoms with Crippen LogP contribution in [0, 0.1) is 6.92 Å². The Labute approximate surface area is 135 Å². The van der Waals surface area contributed by atoms with E-state index < -0.39 is 0 Å². The monoisotopic (exact) mass is 347 g/mol. The molecule has 0 aliphatic heterocycles. The van der Waals surface area contributed by atoms with Gasteiger partial charge in [0.25, 0.3) is 0 Å². The number of aryl methyl sites for hydroxylation is 1. The predicted molar refractivity (Wildman–Crippen MR) is 93.3 cm³/mol. The highest BCUT2D eigenvalue weighted by Crippen LogP contribution is 2.27.